The van der Waals surface area contributed by atoms with E-state index in [0.29, 0.717) is 5.76 Å². The molecular formula is C11H9N3O. The molecule has 0 amide bonds. The molecule has 0 spiro atoms. The highest BCUT2D eigenvalue weighted by Gasteiger charge is 2.13. The SMILES string of the molecule is [N-]=[N+]=NC(c1ccccc1)c1ccco1. The first-order valence-corrected chi connectivity index (χ1v) is 4.54. The normalized spacial score (nSPS) is 11.7. The van der Waals surface area contributed by atoms with Gasteiger partial charge in [-0.3, -0.25) is 0 Å². The Morgan fingerprint density at radius 2 is 1.93 bits per heavy atom. The maximum Gasteiger partial charge on any atom is 0.121 e. The van der Waals surface area contributed by atoms with Gasteiger partial charge in [-0.2, -0.15) is 0 Å². The maximum absolute atomic E-state index is 8.51. The van der Waals surface area contributed by atoms with Crippen molar-refractivity contribution >= 4 is 0 Å². The molecule has 0 saturated heterocycles. The van der Waals surface area contributed by atoms with E-state index in [4.69, 9.17) is 9.95 Å². The van der Waals surface area contributed by atoms with Gasteiger partial charge in [0.05, 0.1) is 6.26 Å². The van der Waals surface area contributed by atoms with Gasteiger partial charge < -0.3 is 4.42 Å². The number of benzene rings is 1. The molecule has 0 radical (unpaired) electrons. The molecule has 0 N–H and O–H groups in total. The Kier molecular flexibility index (Phi) is 2.72. The summed E-state index contributed by atoms with van der Waals surface area (Å²) in [7, 11) is 0. The highest BCUT2D eigenvalue weighted by Crippen LogP contribution is 2.26. The first-order valence-electron chi connectivity index (χ1n) is 4.54. The zero-order chi connectivity index (χ0) is 10.5. The topological polar surface area (TPSA) is 61.9 Å². The van der Waals surface area contributed by atoms with Crippen molar-refractivity contribution in [2.45, 2.75) is 6.04 Å². The Bertz CT molecular complexity index is 458. The van der Waals surface area contributed by atoms with Crippen molar-refractivity contribution in [2.24, 2.45) is 5.11 Å². The van der Waals surface area contributed by atoms with Gasteiger partial charge in [0.1, 0.15) is 11.8 Å². The van der Waals surface area contributed by atoms with Crippen LogP contribution in [-0.2, 0) is 0 Å². The number of nitrogens with zero attached hydrogens (tertiary/aromatic N) is 3. The maximum atomic E-state index is 8.51. The zero-order valence-electron chi connectivity index (χ0n) is 7.95. The fraction of sp³-hybridized carbons (Fsp3) is 0.0909. The summed E-state index contributed by atoms with van der Waals surface area (Å²) in [5, 5.41) is 3.72. The molecule has 74 valence electrons. The van der Waals surface area contributed by atoms with E-state index in [1.807, 2.05) is 30.3 Å². The molecule has 4 heteroatoms. The summed E-state index contributed by atoms with van der Waals surface area (Å²) in [6, 6.07) is 12.7. The third-order valence-electron chi connectivity index (χ3n) is 2.10. The van der Waals surface area contributed by atoms with E-state index < -0.39 is 0 Å². The lowest BCUT2D eigenvalue weighted by molar-refractivity contribution is 0.489. The summed E-state index contributed by atoms with van der Waals surface area (Å²) in [5.74, 6) is 0.652. The van der Waals surface area contributed by atoms with Gasteiger partial charge in [-0.15, -0.1) is 0 Å². The van der Waals surface area contributed by atoms with Crippen molar-refractivity contribution in [1.29, 1.82) is 0 Å². The molecule has 2 aromatic rings. The summed E-state index contributed by atoms with van der Waals surface area (Å²) in [6.07, 6.45) is 1.57. The van der Waals surface area contributed by atoms with E-state index >= 15 is 0 Å². The first-order chi connectivity index (χ1) is 7.42. The summed E-state index contributed by atoms with van der Waals surface area (Å²) >= 11 is 0. The minimum absolute atomic E-state index is 0.383. The van der Waals surface area contributed by atoms with Gasteiger partial charge in [0.15, 0.2) is 0 Å². The van der Waals surface area contributed by atoms with Crippen LogP contribution in [0.1, 0.15) is 17.4 Å². The minimum Gasteiger partial charge on any atom is -0.469 e. The fourth-order valence-corrected chi connectivity index (χ4v) is 1.42. The molecule has 1 heterocycles. The highest BCUT2D eigenvalue weighted by atomic mass is 16.3. The second-order valence-electron chi connectivity index (χ2n) is 3.03. The number of hydrogen-bond acceptors (Lipinski definition) is 2. The molecule has 0 bridgehead atoms. The largest absolute Gasteiger partial charge is 0.469 e. The molecule has 1 unspecified atom stereocenters. The van der Waals surface area contributed by atoms with Gasteiger partial charge in [0, 0.05) is 4.91 Å². The Labute approximate surface area is 86.8 Å². The molecule has 1 aromatic heterocycles. The Hall–Kier alpha value is -2.19. The van der Waals surface area contributed by atoms with Crippen LogP contribution in [0, 0.1) is 0 Å². The van der Waals surface area contributed by atoms with Crippen LogP contribution in [0.15, 0.2) is 58.3 Å². The van der Waals surface area contributed by atoms with Gasteiger partial charge in [0.2, 0.25) is 0 Å². The monoisotopic (exact) mass is 199 g/mol. The van der Waals surface area contributed by atoms with Crippen LogP contribution >= 0.6 is 0 Å². The standard InChI is InChI=1S/C11H9N3O/c12-14-13-11(10-7-4-8-15-10)9-5-2-1-3-6-9/h1-8,11H. The van der Waals surface area contributed by atoms with Crippen molar-refractivity contribution in [1.82, 2.24) is 0 Å². The lowest BCUT2D eigenvalue weighted by Crippen LogP contribution is -1.94. The second-order valence-corrected chi connectivity index (χ2v) is 3.03. The van der Waals surface area contributed by atoms with Crippen LogP contribution in [0.25, 0.3) is 10.4 Å². The molecular weight excluding hydrogens is 190 g/mol. The van der Waals surface area contributed by atoms with Crippen molar-refractivity contribution in [3.8, 4) is 0 Å². The molecule has 0 saturated carbocycles. The van der Waals surface area contributed by atoms with Crippen LogP contribution < -0.4 is 0 Å². The average Bonchev–Trinajstić information content (AvgIpc) is 2.80. The molecule has 1 aromatic carbocycles. The van der Waals surface area contributed by atoms with Crippen LogP contribution in [0.4, 0.5) is 0 Å². The molecule has 4 nitrogen and oxygen atoms in total. The number of hydrogen-bond donors (Lipinski definition) is 0. The predicted octanol–water partition coefficient (Wildman–Crippen LogP) is 3.68. The first kappa shape index (κ1) is 9.37. The van der Waals surface area contributed by atoms with Gasteiger partial charge in [-0.05, 0) is 23.2 Å². The molecule has 15 heavy (non-hydrogen) atoms. The summed E-state index contributed by atoms with van der Waals surface area (Å²) < 4.78 is 5.24. The van der Waals surface area contributed by atoms with E-state index in [-0.39, 0.29) is 6.04 Å². The highest BCUT2D eigenvalue weighted by molar-refractivity contribution is 5.26. The third-order valence-corrected chi connectivity index (χ3v) is 2.10. The molecule has 0 aliphatic carbocycles. The molecule has 2 rings (SSSR count). The molecule has 0 aliphatic rings. The fourth-order valence-electron chi connectivity index (χ4n) is 1.42. The van der Waals surface area contributed by atoms with E-state index in [2.05, 4.69) is 10.0 Å². The number of rotatable bonds is 3. The van der Waals surface area contributed by atoms with Crippen LogP contribution in [0.3, 0.4) is 0 Å². The number of azide groups is 1. The summed E-state index contributed by atoms with van der Waals surface area (Å²) in [4.78, 5) is 2.83. The number of furan rings is 1. The Morgan fingerprint density at radius 3 is 2.53 bits per heavy atom. The van der Waals surface area contributed by atoms with Crippen molar-refractivity contribution in [2.75, 3.05) is 0 Å². The lowest BCUT2D eigenvalue weighted by Gasteiger charge is -2.07. The van der Waals surface area contributed by atoms with Crippen molar-refractivity contribution in [3.05, 3.63) is 70.5 Å². The Balaban J connectivity index is 2.41. The van der Waals surface area contributed by atoms with E-state index in [9.17, 15) is 0 Å². The third kappa shape index (κ3) is 2.00. The van der Waals surface area contributed by atoms with E-state index in [1.165, 1.54) is 0 Å². The van der Waals surface area contributed by atoms with Crippen LogP contribution in [-0.4, -0.2) is 0 Å². The van der Waals surface area contributed by atoms with E-state index in [1.54, 1.807) is 18.4 Å². The smallest absolute Gasteiger partial charge is 0.121 e. The minimum atomic E-state index is -0.383. The van der Waals surface area contributed by atoms with Gasteiger partial charge in [-0.1, -0.05) is 35.4 Å². The quantitative estimate of drug-likeness (QED) is 0.422. The van der Waals surface area contributed by atoms with Gasteiger partial charge in [-0.25, -0.2) is 0 Å². The molecule has 1 atom stereocenters. The van der Waals surface area contributed by atoms with Crippen LogP contribution in [0.2, 0.25) is 0 Å². The summed E-state index contributed by atoms with van der Waals surface area (Å²) in [5.41, 5.74) is 9.44. The Morgan fingerprint density at radius 1 is 1.13 bits per heavy atom. The zero-order valence-corrected chi connectivity index (χ0v) is 7.95. The molecule has 0 aliphatic heterocycles. The molecule has 0 fully saturated rings. The van der Waals surface area contributed by atoms with E-state index in [0.717, 1.165) is 5.56 Å². The van der Waals surface area contributed by atoms with Crippen LogP contribution in [0.5, 0.6) is 0 Å². The van der Waals surface area contributed by atoms with Gasteiger partial charge in [0.25, 0.3) is 0 Å². The second kappa shape index (κ2) is 4.35. The lowest BCUT2D eigenvalue weighted by atomic mass is 10.1. The summed E-state index contributed by atoms with van der Waals surface area (Å²) in [6.45, 7) is 0. The van der Waals surface area contributed by atoms with Crippen molar-refractivity contribution in [3.63, 3.8) is 0 Å². The predicted molar refractivity (Wildman–Crippen MR) is 56.1 cm³/mol. The van der Waals surface area contributed by atoms with Gasteiger partial charge >= 0.3 is 0 Å². The van der Waals surface area contributed by atoms with Crippen molar-refractivity contribution < 1.29 is 4.42 Å². The average molecular weight is 199 g/mol.